The number of benzene rings is 2. The van der Waals surface area contributed by atoms with Crippen LogP contribution in [-0.2, 0) is 22.4 Å². The van der Waals surface area contributed by atoms with Gasteiger partial charge >= 0.3 is 0 Å². The summed E-state index contributed by atoms with van der Waals surface area (Å²) in [6.07, 6.45) is 4.66. The van der Waals surface area contributed by atoms with Gasteiger partial charge in [-0.1, -0.05) is 24.3 Å². The Hall–Kier alpha value is -2.27. The molecule has 0 bridgehead atoms. The lowest BCUT2D eigenvalue weighted by Crippen LogP contribution is -2.23. The number of rotatable bonds is 8. The monoisotopic (exact) mass is 410 g/mol. The number of anilines is 2. The Labute approximate surface area is 177 Å². The van der Waals surface area contributed by atoms with Gasteiger partial charge in [-0.15, -0.1) is 11.8 Å². The number of nitrogens with one attached hydrogen (secondary N) is 2. The number of carbonyl (C=O) groups excluding carboxylic acids is 2. The molecule has 0 fully saturated rings. The first-order valence-corrected chi connectivity index (χ1v) is 11.4. The van der Waals surface area contributed by atoms with E-state index in [-0.39, 0.29) is 17.1 Å². The molecular formula is C24H30N2O2S. The summed E-state index contributed by atoms with van der Waals surface area (Å²) in [5.41, 5.74) is 6.71. The molecule has 0 aliphatic heterocycles. The average Bonchev–Trinajstić information content (AvgIpc) is 3.16. The highest BCUT2D eigenvalue weighted by Crippen LogP contribution is 2.25. The molecule has 0 aromatic heterocycles. The second kappa shape index (κ2) is 9.97. The van der Waals surface area contributed by atoms with Crippen molar-refractivity contribution in [2.75, 3.05) is 16.4 Å². The van der Waals surface area contributed by atoms with Crippen LogP contribution in [0.5, 0.6) is 0 Å². The van der Waals surface area contributed by atoms with E-state index >= 15 is 0 Å². The van der Waals surface area contributed by atoms with E-state index in [4.69, 9.17) is 0 Å². The molecule has 0 spiro atoms. The molecule has 4 nitrogen and oxygen atoms in total. The van der Waals surface area contributed by atoms with Gasteiger partial charge in [0, 0.05) is 17.8 Å². The normalized spacial score (nSPS) is 13.6. The number of para-hydroxylation sites is 1. The van der Waals surface area contributed by atoms with Gasteiger partial charge in [-0.05, 0) is 86.6 Å². The Morgan fingerprint density at radius 1 is 1.03 bits per heavy atom. The maximum absolute atomic E-state index is 12.4. The zero-order chi connectivity index (χ0) is 20.8. The van der Waals surface area contributed by atoms with Crippen LogP contribution >= 0.6 is 11.8 Å². The highest BCUT2D eigenvalue weighted by atomic mass is 32.2. The van der Waals surface area contributed by atoms with Crippen molar-refractivity contribution in [2.24, 2.45) is 0 Å². The Morgan fingerprint density at radius 2 is 1.76 bits per heavy atom. The van der Waals surface area contributed by atoms with Crippen LogP contribution in [0.15, 0.2) is 36.4 Å². The van der Waals surface area contributed by atoms with Gasteiger partial charge in [0.15, 0.2) is 0 Å². The van der Waals surface area contributed by atoms with Gasteiger partial charge in [0.2, 0.25) is 11.8 Å². The van der Waals surface area contributed by atoms with Crippen molar-refractivity contribution >= 4 is 35.0 Å². The first-order valence-electron chi connectivity index (χ1n) is 10.3. The van der Waals surface area contributed by atoms with E-state index < -0.39 is 0 Å². The molecule has 154 valence electrons. The van der Waals surface area contributed by atoms with E-state index in [9.17, 15) is 9.59 Å². The number of hydrogen-bond acceptors (Lipinski definition) is 3. The van der Waals surface area contributed by atoms with E-state index in [1.807, 2.05) is 45.0 Å². The molecule has 2 aromatic rings. The molecular weight excluding hydrogens is 380 g/mol. The molecule has 1 atom stereocenters. The van der Waals surface area contributed by atoms with Crippen molar-refractivity contribution in [2.45, 2.75) is 58.1 Å². The molecule has 0 heterocycles. The summed E-state index contributed by atoms with van der Waals surface area (Å²) in [5, 5.41) is 5.89. The highest BCUT2D eigenvalue weighted by molar-refractivity contribution is 8.00. The van der Waals surface area contributed by atoms with Crippen LogP contribution in [0.25, 0.3) is 0 Å². The molecule has 1 unspecified atom stereocenters. The molecule has 29 heavy (non-hydrogen) atoms. The number of fused-ring (bicyclic) bond motifs is 1. The first kappa shape index (κ1) is 21.4. The zero-order valence-corrected chi connectivity index (χ0v) is 18.3. The third-order valence-electron chi connectivity index (χ3n) is 5.40. The number of thioether (sulfide) groups is 1. The molecule has 2 amide bonds. The number of aryl methyl sites for hydroxylation is 4. The molecule has 2 aromatic carbocycles. The summed E-state index contributed by atoms with van der Waals surface area (Å²) in [5.74, 6) is 0.824. The third-order valence-corrected chi connectivity index (χ3v) is 6.64. The van der Waals surface area contributed by atoms with Crippen molar-refractivity contribution in [3.8, 4) is 0 Å². The van der Waals surface area contributed by atoms with Gasteiger partial charge < -0.3 is 10.6 Å². The molecule has 0 saturated heterocycles. The lowest BCUT2D eigenvalue weighted by molar-refractivity contribution is -0.116. The maximum Gasteiger partial charge on any atom is 0.237 e. The lowest BCUT2D eigenvalue weighted by Gasteiger charge is -2.13. The molecule has 1 aliphatic rings. The quantitative estimate of drug-likeness (QED) is 0.583. The second-order valence-corrected chi connectivity index (χ2v) is 9.21. The van der Waals surface area contributed by atoms with Gasteiger partial charge in [0.1, 0.15) is 0 Å². The van der Waals surface area contributed by atoms with E-state index in [1.165, 1.54) is 17.5 Å². The van der Waals surface area contributed by atoms with E-state index in [1.54, 1.807) is 11.8 Å². The minimum atomic E-state index is -0.148. The molecule has 1 aliphatic carbocycles. The zero-order valence-electron chi connectivity index (χ0n) is 17.5. The summed E-state index contributed by atoms with van der Waals surface area (Å²) in [4.78, 5) is 24.7. The lowest BCUT2D eigenvalue weighted by atomic mass is 10.1. The van der Waals surface area contributed by atoms with Crippen LogP contribution in [0, 0.1) is 13.8 Å². The van der Waals surface area contributed by atoms with Crippen LogP contribution in [0.4, 0.5) is 11.4 Å². The van der Waals surface area contributed by atoms with Crippen LogP contribution in [0.3, 0.4) is 0 Å². The van der Waals surface area contributed by atoms with Crippen molar-refractivity contribution in [1.29, 1.82) is 0 Å². The summed E-state index contributed by atoms with van der Waals surface area (Å²) < 4.78 is 0. The molecule has 0 saturated carbocycles. The fourth-order valence-corrected chi connectivity index (χ4v) is 4.55. The topological polar surface area (TPSA) is 58.2 Å². The first-order chi connectivity index (χ1) is 13.9. The molecule has 3 rings (SSSR count). The maximum atomic E-state index is 12.4. The minimum Gasteiger partial charge on any atom is -0.326 e. The van der Waals surface area contributed by atoms with Gasteiger partial charge in [-0.25, -0.2) is 0 Å². The summed E-state index contributed by atoms with van der Waals surface area (Å²) in [6, 6.07) is 12.2. The van der Waals surface area contributed by atoms with E-state index in [0.717, 1.165) is 47.5 Å². The third kappa shape index (κ3) is 5.86. The van der Waals surface area contributed by atoms with Crippen LogP contribution in [-0.4, -0.2) is 22.8 Å². The molecule has 0 radical (unpaired) electrons. The van der Waals surface area contributed by atoms with Crippen molar-refractivity contribution in [3.63, 3.8) is 0 Å². The summed E-state index contributed by atoms with van der Waals surface area (Å²) in [7, 11) is 0. The Balaban J connectivity index is 1.38. The van der Waals surface area contributed by atoms with Gasteiger partial charge in [0.25, 0.3) is 0 Å². The average molecular weight is 411 g/mol. The second-order valence-electron chi connectivity index (χ2n) is 7.76. The number of carbonyl (C=O) groups is 2. The smallest absolute Gasteiger partial charge is 0.237 e. The number of hydrogen-bond donors (Lipinski definition) is 2. The van der Waals surface area contributed by atoms with Crippen LogP contribution < -0.4 is 10.6 Å². The SMILES string of the molecule is Cc1cccc(C)c1NC(=O)CCCSC(C)C(=O)Nc1ccc2c(c1)CCC2. The van der Waals surface area contributed by atoms with Crippen molar-refractivity contribution in [1.82, 2.24) is 0 Å². The fraction of sp³-hybridized carbons (Fsp3) is 0.417. The van der Waals surface area contributed by atoms with Crippen LogP contribution in [0.2, 0.25) is 0 Å². The Bertz CT molecular complexity index is 874. The summed E-state index contributed by atoms with van der Waals surface area (Å²) >= 11 is 1.59. The van der Waals surface area contributed by atoms with Gasteiger partial charge in [-0.2, -0.15) is 0 Å². The summed E-state index contributed by atoms with van der Waals surface area (Å²) in [6.45, 7) is 5.92. The van der Waals surface area contributed by atoms with Crippen molar-refractivity contribution in [3.05, 3.63) is 58.7 Å². The Kier molecular flexibility index (Phi) is 7.37. The predicted octanol–water partition coefficient (Wildman–Crippen LogP) is 5.27. The van der Waals surface area contributed by atoms with Gasteiger partial charge in [-0.3, -0.25) is 9.59 Å². The van der Waals surface area contributed by atoms with Crippen molar-refractivity contribution < 1.29 is 9.59 Å². The highest BCUT2D eigenvalue weighted by Gasteiger charge is 2.16. The standard InChI is InChI=1S/C24H30N2O2S/c1-16-7-4-8-17(2)23(16)26-22(27)11-6-14-29-18(3)24(28)25-21-13-12-19-9-5-10-20(19)15-21/h4,7-8,12-13,15,18H,5-6,9-11,14H2,1-3H3,(H,25,28)(H,26,27). The predicted molar refractivity (Wildman–Crippen MR) is 123 cm³/mol. The Morgan fingerprint density at radius 3 is 2.52 bits per heavy atom. The minimum absolute atomic E-state index is 0.0212. The largest absolute Gasteiger partial charge is 0.326 e. The molecule has 5 heteroatoms. The fourth-order valence-electron chi connectivity index (χ4n) is 3.68. The van der Waals surface area contributed by atoms with Crippen LogP contribution in [0.1, 0.15) is 48.4 Å². The van der Waals surface area contributed by atoms with E-state index in [0.29, 0.717) is 6.42 Å². The number of amides is 2. The molecule has 2 N–H and O–H groups in total. The van der Waals surface area contributed by atoms with E-state index in [2.05, 4.69) is 22.8 Å². The van der Waals surface area contributed by atoms with Gasteiger partial charge in [0.05, 0.1) is 5.25 Å².